The fourth-order valence-corrected chi connectivity index (χ4v) is 4.23. The maximum atomic E-state index is 14.2. The lowest BCUT2D eigenvalue weighted by molar-refractivity contribution is 0.102. The molecule has 0 aliphatic carbocycles. The van der Waals surface area contributed by atoms with Crippen molar-refractivity contribution in [2.75, 3.05) is 33.1 Å². The summed E-state index contributed by atoms with van der Waals surface area (Å²) < 4.78 is 71.6. The van der Waals surface area contributed by atoms with E-state index in [1.807, 2.05) is 0 Å². The summed E-state index contributed by atoms with van der Waals surface area (Å²) >= 11 is 0. The molecule has 30 heavy (non-hydrogen) atoms. The molecule has 0 aromatic heterocycles. The Balaban J connectivity index is 2.46. The number of anilines is 1. The Morgan fingerprint density at radius 1 is 1.10 bits per heavy atom. The van der Waals surface area contributed by atoms with Crippen molar-refractivity contribution in [1.29, 1.82) is 0 Å². The minimum Gasteiger partial charge on any atom is -0.492 e. The number of halogens is 1. The molecule has 2 N–H and O–H groups in total. The molecule has 0 aliphatic rings. The maximum Gasteiger partial charge on any atom is 0.258 e. The summed E-state index contributed by atoms with van der Waals surface area (Å²) in [5.74, 6) is -1.79. The lowest BCUT2D eigenvalue weighted by Crippen LogP contribution is -2.23. The van der Waals surface area contributed by atoms with E-state index in [2.05, 4.69) is 10.0 Å². The van der Waals surface area contributed by atoms with E-state index in [4.69, 9.17) is 4.74 Å². The molecule has 0 bridgehead atoms. The van der Waals surface area contributed by atoms with Crippen LogP contribution in [0.4, 0.5) is 10.1 Å². The van der Waals surface area contributed by atoms with Gasteiger partial charge in [0.05, 0.1) is 17.1 Å². The second-order valence-corrected chi connectivity index (χ2v) is 10.2. The van der Waals surface area contributed by atoms with E-state index in [-0.39, 0.29) is 27.8 Å². The fourth-order valence-electron chi connectivity index (χ4n) is 2.42. The van der Waals surface area contributed by atoms with Gasteiger partial charge in [-0.1, -0.05) is 0 Å². The number of hydrogen-bond acceptors (Lipinski definition) is 6. The van der Waals surface area contributed by atoms with Crippen molar-refractivity contribution in [3.05, 3.63) is 47.8 Å². The zero-order chi connectivity index (χ0) is 22.7. The molecule has 0 aliphatic heterocycles. The van der Waals surface area contributed by atoms with Crippen molar-refractivity contribution in [2.45, 2.75) is 16.7 Å². The molecular weight excluding hydrogens is 437 g/mol. The number of nitrogens with zero attached hydrogens (tertiary/aromatic N) is 1. The Morgan fingerprint density at radius 2 is 1.77 bits per heavy atom. The number of ether oxygens (including phenoxy) is 1. The van der Waals surface area contributed by atoms with E-state index in [9.17, 15) is 26.0 Å². The van der Waals surface area contributed by atoms with Crippen LogP contribution in [-0.2, 0) is 20.0 Å². The highest BCUT2D eigenvalue weighted by molar-refractivity contribution is 7.89. The molecular formula is C18H22FN3O6S2. The molecule has 1 amide bonds. The van der Waals surface area contributed by atoms with Crippen LogP contribution in [0.2, 0.25) is 0 Å². The first-order valence-corrected chi connectivity index (χ1v) is 11.6. The molecule has 9 nitrogen and oxygen atoms in total. The van der Waals surface area contributed by atoms with Gasteiger partial charge < -0.3 is 10.1 Å². The first kappa shape index (κ1) is 23.7. The smallest absolute Gasteiger partial charge is 0.258 e. The van der Waals surface area contributed by atoms with Crippen LogP contribution in [0.25, 0.3) is 0 Å². The number of nitrogens with one attached hydrogen (secondary N) is 2. The average molecular weight is 460 g/mol. The third-order valence-electron chi connectivity index (χ3n) is 4.02. The number of amides is 1. The van der Waals surface area contributed by atoms with E-state index in [1.165, 1.54) is 39.3 Å². The van der Waals surface area contributed by atoms with E-state index in [1.54, 1.807) is 6.92 Å². The second kappa shape index (κ2) is 9.08. The number of carbonyl (C=O) groups excluding carboxylic acids is 1. The monoisotopic (exact) mass is 459 g/mol. The topological polar surface area (TPSA) is 122 Å². The van der Waals surface area contributed by atoms with Gasteiger partial charge in [0, 0.05) is 19.8 Å². The minimum absolute atomic E-state index is 0.0603. The van der Waals surface area contributed by atoms with Crippen molar-refractivity contribution >= 4 is 31.6 Å². The normalized spacial score (nSPS) is 12.1. The fraction of sp³-hybridized carbons (Fsp3) is 0.278. The highest BCUT2D eigenvalue weighted by Crippen LogP contribution is 2.29. The summed E-state index contributed by atoms with van der Waals surface area (Å²) in [4.78, 5) is 12.1. The summed E-state index contributed by atoms with van der Waals surface area (Å²) in [7, 11) is -3.91. The van der Waals surface area contributed by atoms with Crippen molar-refractivity contribution in [3.8, 4) is 5.75 Å². The summed E-state index contributed by atoms with van der Waals surface area (Å²) in [6.45, 7) is 1.91. The maximum absolute atomic E-state index is 14.2. The predicted octanol–water partition coefficient (Wildman–Crippen LogP) is 1.64. The van der Waals surface area contributed by atoms with Crippen molar-refractivity contribution < 1.29 is 30.8 Å². The van der Waals surface area contributed by atoms with Gasteiger partial charge in [-0.2, -0.15) is 0 Å². The van der Waals surface area contributed by atoms with Crippen LogP contribution in [0.1, 0.15) is 17.3 Å². The van der Waals surface area contributed by atoms with Gasteiger partial charge in [-0.3, -0.25) is 4.79 Å². The molecule has 0 saturated carbocycles. The largest absolute Gasteiger partial charge is 0.492 e. The van der Waals surface area contributed by atoms with E-state index < -0.39 is 37.3 Å². The van der Waals surface area contributed by atoms with Crippen molar-refractivity contribution in [2.24, 2.45) is 0 Å². The van der Waals surface area contributed by atoms with Crippen LogP contribution in [0.15, 0.2) is 46.2 Å². The number of carbonyl (C=O) groups is 1. The van der Waals surface area contributed by atoms with Crippen LogP contribution in [0, 0.1) is 5.82 Å². The minimum atomic E-state index is -3.89. The Hall–Kier alpha value is -2.54. The van der Waals surface area contributed by atoms with Gasteiger partial charge in [0.15, 0.2) is 0 Å². The second-order valence-electron chi connectivity index (χ2n) is 6.19. The number of hydrogen-bond donors (Lipinski definition) is 2. The van der Waals surface area contributed by atoms with Crippen LogP contribution in [0.3, 0.4) is 0 Å². The Kier molecular flexibility index (Phi) is 7.18. The number of sulfonamides is 2. The SMILES string of the molecule is CCOc1ccc(NC(=O)c2cc(S(=O)(=O)NC)ccc2F)cc1S(=O)(=O)N(C)C. The molecule has 2 rings (SSSR count). The zero-order valence-corrected chi connectivity index (χ0v) is 18.4. The quantitative estimate of drug-likeness (QED) is 0.619. The molecule has 0 saturated heterocycles. The third-order valence-corrected chi connectivity index (χ3v) is 7.27. The summed E-state index contributed by atoms with van der Waals surface area (Å²) in [6.07, 6.45) is 0. The Labute approximate surface area is 174 Å². The highest BCUT2D eigenvalue weighted by Gasteiger charge is 2.24. The lowest BCUT2D eigenvalue weighted by Gasteiger charge is -2.17. The first-order valence-electron chi connectivity index (χ1n) is 8.68. The molecule has 0 spiro atoms. The average Bonchev–Trinajstić information content (AvgIpc) is 2.69. The molecule has 12 heteroatoms. The zero-order valence-electron chi connectivity index (χ0n) is 16.8. The van der Waals surface area contributed by atoms with Gasteiger partial charge in [-0.05, 0) is 50.4 Å². The number of benzene rings is 2. The molecule has 0 radical (unpaired) electrons. The van der Waals surface area contributed by atoms with Gasteiger partial charge >= 0.3 is 0 Å². The predicted molar refractivity (Wildman–Crippen MR) is 109 cm³/mol. The van der Waals surface area contributed by atoms with E-state index in [0.717, 1.165) is 22.5 Å². The van der Waals surface area contributed by atoms with E-state index in [0.29, 0.717) is 0 Å². The van der Waals surface area contributed by atoms with Crippen molar-refractivity contribution in [1.82, 2.24) is 9.03 Å². The van der Waals surface area contributed by atoms with Gasteiger partial charge in [0.25, 0.3) is 5.91 Å². The lowest BCUT2D eigenvalue weighted by atomic mass is 10.2. The molecule has 0 unspecified atom stereocenters. The van der Waals surface area contributed by atoms with Crippen LogP contribution in [0.5, 0.6) is 5.75 Å². The summed E-state index contributed by atoms with van der Waals surface area (Å²) in [5, 5.41) is 2.38. The van der Waals surface area contributed by atoms with Gasteiger partial charge in [0.1, 0.15) is 16.5 Å². The van der Waals surface area contributed by atoms with Crippen LogP contribution < -0.4 is 14.8 Å². The molecule has 0 atom stereocenters. The molecule has 2 aromatic rings. The summed E-state index contributed by atoms with van der Waals surface area (Å²) in [6, 6.07) is 6.72. The van der Waals surface area contributed by atoms with Crippen molar-refractivity contribution in [3.63, 3.8) is 0 Å². The third kappa shape index (κ3) is 4.95. The molecule has 0 heterocycles. The Morgan fingerprint density at radius 3 is 2.33 bits per heavy atom. The van der Waals surface area contributed by atoms with Gasteiger partial charge in [0.2, 0.25) is 20.0 Å². The first-order chi connectivity index (χ1) is 13.9. The van der Waals surface area contributed by atoms with Crippen LogP contribution >= 0.6 is 0 Å². The Bertz CT molecular complexity index is 1160. The molecule has 164 valence electrons. The molecule has 0 fully saturated rings. The summed E-state index contributed by atoms with van der Waals surface area (Å²) in [5.41, 5.74) is -0.456. The highest BCUT2D eigenvalue weighted by atomic mass is 32.2. The standard InChI is InChI=1S/C18H22FN3O6S2/c1-5-28-16-9-6-12(10-17(16)30(26,27)22(3)4)21-18(23)14-11-13(7-8-15(14)19)29(24,25)20-2/h6-11,20H,5H2,1-4H3,(H,21,23). The number of rotatable bonds is 8. The van der Waals surface area contributed by atoms with Gasteiger partial charge in [-0.25, -0.2) is 30.3 Å². The van der Waals surface area contributed by atoms with Gasteiger partial charge in [-0.15, -0.1) is 0 Å². The van der Waals surface area contributed by atoms with E-state index >= 15 is 0 Å². The molecule has 2 aromatic carbocycles. The van der Waals surface area contributed by atoms with Crippen LogP contribution in [-0.4, -0.2) is 54.8 Å².